The molecule has 0 amide bonds. The van der Waals surface area contributed by atoms with Crippen LogP contribution < -0.4 is 0 Å². The Morgan fingerprint density at radius 2 is 1.42 bits per heavy atom. The van der Waals surface area contributed by atoms with Crippen LogP contribution in [0.4, 0.5) is 8.78 Å². The van der Waals surface area contributed by atoms with E-state index >= 15 is 0 Å². The largest absolute Gasteiger partial charge is 0.266 e. The van der Waals surface area contributed by atoms with Crippen molar-refractivity contribution in [2.24, 2.45) is 0 Å². The molecule has 0 saturated carbocycles. The first-order valence-corrected chi connectivity index (χ1v) is 9.30. The molecule has 2 rings (SSSR count). The summed E-state index contributed by atoms with van der Waals surface area (Å²) in [6.45, 7) is 3.95. The number of benzene rings is 2. The van der Waals surface area contributed by atoms with Crippen molar-refractivity contribution in [1.82, 2.24) is 0 Å². The van der Waals surface area contributed by atoms with Crippen LogP contribution in [0.25, 0.3) is 6.08 Å². The number of allylic oxidation sites excluding steroid dienone is 1. The lowest BCUT2D eigenvalue weighted by atomic mass is 10.1. The highest BCUT2D eigenvalue weighted by Crippen LogP contribution is 2.23. The molecule has 0 bridgehead atoms. The van der Waals surface area contributed by atoms with Gasteiger partial charge >= 0.3 is 0 Å². The zero-order chi connectivity index (χ0) is 18.8. The highest BCUT2D eigenvalue weighted by Gasteiger charge is 2.22. The number of alkyl halides is 2. The van der Waals surface area contributed by atoms with Crippen LogP contribution in [0.3, 0.4) is 0 Å². The third kappa shape index (κ3) is 6.84. The van der Waals surface area contributed by atoms with Crippen molar-refractivity contribution < 1.29 is 8.78 Å². The highest BCUT2D eigenvalue weighted by atomic mass is 19.3. The fourth-order valence-corrected chi connectivity index (χ4v) is 2.59. The summed E-state index contributed by atoms with van der Waals surface area (Å²) in [5, 5.41) is 0. The van der Waals surface area contributed by atoms with Gasteiger partial charge in [0.15, 0.2) is 0 Å². The Morgan fingerprint density at radius 3 is 1.96 bits per heavy atom. The van der Waals surface area contributed by atoms with Crippen LogP contribution in [-0.4, -0.2) is 5.92 Å². The van der Waals surface area contributed by atoms with Gasteiger partial charge in [-0.3, -0.25) is 0 Å². The molecule has 136 valence electrons. The Bertz CT molecular complexity index is 757. The Balaban J connectivity index is 1.99. The number of rotatable bonds is 7. The van der Waals surface area contributed by atoms with E-state index < -0.39 is 5.92 Å². The van der Waals surface area contributed by atoms with E-state index in [2.05, 4.69) is 30.9 Å². The molecule has 0 aliphatic rings. The molecule has 0 aromatic heterocycles. The Kier molecular flexibility index (Phi) is 7.60. The molecule has 0 N–H and O–H groups in total. The van der Waals surface area contributed by atoms with Gasteiger partial charge in [0.25, 0.3) is 5.92 Å². The van der Waals surface area contributed by atoms with Gasteiger partial charge in [-0.05, 0) is 54.3 Å². The second-order valence-electron chi connectivity index (χ2n) is 6.52. The monoisotopic (exact) mass is 352 g/mol. The van der Waals surface area contributed by atoms with Crippen molar-refractivity contribution in [3.05, 3.63) is 76.9 Å². The van der Waals surface area contributed by atoms with Crippen LogP contribution in [0, 0.1) is 11.8 Å². The molecule has 0 aliphatic carbocycles. The molecule has 0 unspecified atom stereocenters. The average molecular weight is 352 g/mol. The minimum Gasteiger partial charge on any atom is -0.202 e. The normalized spacial score (nSPS) is 11.4. The van der Waals surface area contributed by atoms with Gasteiger partial charge in [0.05, 0.1) is 0 Å². The maximum Gasteiger partial charge on any atom is 0.266 e. The SMILES string of the molecule is CCCCc1ccc(C#Cc2ccc(/C=C/C(F)(F)CCC)cc2)cc1. The Morgan fingerprint density at radius 1 is 0.846 bits per heavy atom. The summed E-state index contributed by atoms with van der Waals surface area (Å²) in [5.74, 6) is 3.53. The molecule has 2 aromatic rings. The second kappa shape index (κ2) is 9.92. The minimum absolute atomic E-state index is 0.121. The fourth-order valence-electron chi connectivity index (χ4n) is 2.59. The maximum atomic E-state index is 13.5. The van der Waals surface area contributed by atoms with E-state index in [1.54, 1.807) is 6.92 Å². The lowest BCUT2D eigenvalue weighted by Gasteiger charge is -2.09. The molecule has 0 spiro atoms. The predicted octanol–water partition coefficient (Wildman–Crippen LogP) is 6.88. The van der Waals surface area contributed by atoms with Crippen LogP contribution in [0.15, 0.2) is 54.6 Å². The lowest BCUT2D eigenvalue weighted by Crippen LogP contribution is -2.10. The summed E-state index contributed by atoms with van der Waals surface area (Å²) < 4.78 is 27.0. The van der Waals surface area contributed by atoms with E-state index in [9.17, 15) is 8.78 Å². The summed E-state index contributed by atoms with van der Waals surface area (Å²) in [7, 11) is 0. The van der Waals surface area contributed by atoms with Gasteiger partial charge < -0.3 is 0 Å². The van der Waals surface area contributed by atoms with Crippen LogP contribution in [0.2, 0.25) is 0 Å². The van der Waals surface area contributed by atoms with Gasteiger partial charge in [-0.15, -0.1) is 0 Å². The molecule has 0 aliphatic heterocycles. The third-order valence-electron chi connectivity index (χ3n) is 4.14. The standard InChI is InChI=1S/C24H26F2/c1-3-5-6-20-7-9-21(10-8-20)11-12-22-13-15-23(16-14-22)17-19-24(25,26)18-4-2/h7-10,13-17,19H,3-6,18H2,1-2H3/b19-17+. The van der Waals surface area contributed by atoms with E-state index in [0.29, 0.717) is 6.42 Å². The van der Waals surface area contributed by atoms with Crippen LogP contribution >= 0.6 is 0 Å². The van der Waals surface area contributed by atoms with E-state index in [1.807, 2.05) is 36.4 Å². The number of unbranched alkanes of at least 4 members (excludes halogenated alkanes) is 1. The number of hydrogen-bond donors (Lipinski definition) is 0. The van der Waals surface area contributed by atoms with E-state index in [0.717, 1.165) is 29.2 Å². The van der Waals surface area contributed by atoms with Gasteiger partial charge in [0.1, 0.15) is 0 Å². The Labute approximate surface area is 156 Å². The summed E-state index contributed by atoms with van der Waals surface area (Å²) in [4.78, 5) is 0. The molecule has 0 atom stereocenters. The fraction of sp³-hybridized carbons (Fsp3) is 0.333. The zero-order valence-electron chi connectivity index (χ0n) is 15.6. The first-order chi connectivity index (χ1) is 12.5. The van der Waals surface area contributed by atoms with Crippen LogP contribution in [0.1, 0.15) is 61.8 Å². The second-order valence-corrected chi connectivity index (χ2v) is 6.52. The van der Waals surface area contributed by atoms with Gasteiger partial charge in [0.2, 0.25) is 0 Å². The van der Waals surface area contributed by atoms with Gasteiger partial charge in [-0.2, -0.15) is 0 Å². The number of aryl methyl sites for hydroxylation is 1. The van der Waals surface area contributed by atoms with Crippen LogP contribution in [-0.2, 0) is 6.42 Å². The molecular formula is C24H26F2. The first-order valence-electron chi connectivity index (χ1n) is 9.30. The van der Waals surface area contributed by atoms with Crippen molar-refractivity contribution in [3.63, 3.8) is 0 Å². The van der Waals surface area contributed by atoms with Gasteiger partial charge in [0, 0.05) is 17.5 Å². The average Bonchev–Trinajstić information content (AvgIpc) is 2.65. The van der Waals surface area contributed by atoms with Crippen LogP contribution in [0.5, 0.6) is 0 Å². The molecule has 2 aromatic carbocycles. The molecular weight excluding hydrogens is 326 g/mol. The molecule has 26 heavy (non-hydrogen) atoms. The third-order valence-corrected chi connectivity index (χ3v) is 4.14. The number of hydrogen-bond acceptors (Lipinski definition) is 0. The minimum atomic E-state index is -2.74. The quantitative estimate of drug-likeness (QED) is 0.477. The van der Waals surface area contributed by atoms with E-state index in [-0.39, 0.29) is 6.42 Å². The van der Waals surface area contributed by atoms with Gasteiger partial charge in [-0.1, -0.05) is 68.9 Å². The van der Waals surface area contributed by atoms with E-state index in [1.165, 1.54) is 24.5 Å². The van der Waals surface area contributed by atoms with Crippen molar-refractivity contribution in [2.45, 2.75) is 51.9 Å². The number of halogens is 2. The molecule has 0 saturated heterocycles. The summed E-state index contributed by atoms with van der Waals surface area (Å²) in [6.07, 6.45) is 6.31. The van der Waals surface area contributed by atoms with Crippen molar-refractivity contribution >= 4 is 6.08 Å². The molecule has 0 nitrogen and oxygen atoms in total. The summed E-state index contributed by atoms with van der Waals surface area (Å²) >= 11 is 0. The van der Waals surface area contributed by atoms with Crippen molar-refractivity contribution in [2.75, 3.05) is 0 Å². The summed E-state index contributed by atoms with van der Waals surface area (Å²) in [6, 6.07) is 15.7. The van der Waals surface area contributed by atoms with Crippen molar-refractivity contribution in [1.29, 1.82) is 0 Å². The lowest BCUT2D eigenvalue weighted by molar-refractivity contribution is 0.0458. The molecule has 0 fully saturated rings. The topological polar surface area (TPSA) is 0 Å². The molecule has 2 heteroatoms. The highest BCUT2D eigenvalue weighted by molar-refractivity contribution is 5.53. The Hall–Kier alpha value is -2.40. The smallest absolute Gasteiger partial charge is 0.202 e. The maximum absolute atomic E-state index is 13.5. The molecule has 0 heterocycles. The molecule has 0 radical (unpaired) electrons. The zero-order valence-corrected chi connectivity index (χ0v) is 15.6. The van der Waals surface area contributed by atoms with E-state index in [4.69, 9.17) is 0 Å². The van der Waals surface area contributed by atoms with Crippen molar-refractivity contribution in [3.8, 4) is 11.8 Å². The summed E-state index contributed by atoms with van der Waals surface area (Å²) in [5.41, 5.74) is 3.95. The van der Waals surface area contributed by atoms with Gasteiger partial charge in [-0.25, -0.2) is 8.78 Å². The predicted molar refractivity (Wildman–Crippen MR) is 106 cm³/mol. The first kappa shape index (κ1) is 19.9.